The fourth-order valence-corrected chi connectivity index (χ4v) is 3.26. The molecule has 1 saturated heterocycles. The van der Waals surface area contributed by atoms with Gasteiger partial charge < -0.3 is 14.8 Å². The van der Waals surface area contributed by atoms with Crippen molar-refractivity contribution < 1.29 is 14.3 Å². The van der Waals surface area contributed by atoms with Gasteiger partial charge in [-0.3, -0.25) is 14.0 Å². The maximum atomic E-state index is 12.7. The summed E-state index contributed by atoms with van der Waals surface area (Å²) in [5, 5.41) is 2.96. The molecule has 0 radical (unpaired) electrons. The van der Waals surface area contributed by atoms with Crippen LogP contribution in [0.15, 0.2) is 29.2 Å². The number of aromatic nitrogens is 2. The third-order valence-corrected chi connectivity index (χ3v) is 5.03. The van der Waals surface area contributed by atoms with Crippen LogP contribution in [0.2, 0.25) is 0 Å². The zero-order valence-corrected chi connectivity index (χ0v) is 14.8. The van der Waals surface area contributed by atoms with Gasteiger partial charge in [-0.15, -0.1) is 0 Å². The molecular weight excluding hydrogens is 334 g/mol. The lowest BCUT2D eigenvalue weighted by atomic mass is 10.1. The topological polar surface area (TPSA) is 81.9 Å². The van der Waals surface area contributed by atoms with Gasteiger partial charge in [0.05, 0.1) is 12.6 Å². The van der Waals surface area contributed by atoms with E-state index in [4.69, 9.17) is 9.47 Å². The lowest BCUT2D eigenvalue weighted by molar-refractivity contribution is -0.0697. The first-order valence-electron chi connectivity index (χ1n) is 9.11. The number of nitrogens with zero attached hydrogens (tertiary/aromatic N) is 2. The quantitative estimate of drug-likeness (QED) is 0.873. The molecule has 0 bridgehead atoms. The molecule has 26 heavy (non-hydrogen) atoms. The predicted molar refractivity (Wildman–Crippen MR) is 95.4 cm³/mol. The average molecular weight is 357 g/mol. The van der Waals surface area contributed by atoms with Crippen molar-refractivity contribution >= 4 is 11.6 Å². The summed E-state index contributed by atoms with van der Waals surface area (Å²) >= 11 is 0. The molecule has 1 amide bonds. The highest BCUT2D eigenvalue weighted by Crippen LogP contribution is 2.29. The van der Waals surface area contributed by atoms with Crippen LogP contribution in [0.25, 0.3) is 5.65 Å². The average Bonchev–Trinajstić information content (AvgIpc) is 3.45. The molecule has 1 N–H and O–H groups in total. The van der Waals surface area contributed by atoms with Crippen LogP contribution in [0.1, 0.15) is 35.3 Å². The smallest absolute Gasteiger partial charge is 0.270 e. The maximum Gasteiger partial charge on any atom is 0.270 e. The molecule has 0 aromatic carbocycles. The van der Waals surface area contributed by atoms with Crippen molar-refractivity contribution in [2.24, 2.45) is 5.92 Å². The third kappa shape index (κ3) is 3.50. The molecule has 7 nitrogen and oxygen atoms in total. The van der Waals surface area contributed by atoms with Gasteiger partial charge in [0.1, 0.15) is 17.3 Å². The Bertz CT molecular complexity index is 875. The number of carbonyl (C=O) groups excluding carboxylic acids is 1. The minimum atomic E-state index is -0.410. The van der Waals surface area contributed by atoms with Gasteiger partial charge in [0, 0.05) is 25.1 Å². The van der Waals surface area contributed by atoms with Gasteiger partial charge in [0.2, 0.25) is 0 Å². The molecule has 2 atom stereocenters. The van der Waals surface area contributed by atoms with Gasteiger partial charge in [-0.25, -0.2) is 4.98 Å². The summed E-state index contributed by atoms with van der Waals surface area (Å²) in [4.78, 5) is 29.7. The van der Waals surface area contributed by atoms with E-state index in [0.717, 1.165) is 5.69 Å². The van der Waals surface area contributed by atoms with Gasteiger partial charge in [-0.1, -0.05) is 6.07 Å². The number of nitrogens with one attached hydrogen (secondary N) is 1. The number of amides is 1. The second-order valence-electron chi connectivity index (χ2n) is 7.10. The van der Waals surface area contributed by atoms with Gasteiger partial charge in [0.25, 0.3) is 11.5 Å². The molecule has 0 unspecified atom stereocenters. The number of carbonyl (C=O) groups is 1. The zero-order valence-electron chi connectivity index (χ0n) is 14.8. The Balaban J connectivity index is 1.53. The van der Waals surface area contributed by atoms with Crippen molar-refractivity contribution in [3.63, 3.8) is 0 Å². The Kier molecular flexibility index (Phi) is 4.74. The molecule has 2 aliphatic rings. The van der Waals surface area contributed by atoms with Gasteiger partial charge >= 0.3 is 0 Å². The van der Waals surface area contributed by atoms with Crippen LogP contribution >= 0.6 is 0 Å². The van der Waals surface area contributed by atoms with E-state index in [9.17, 15) is 9.59 Å². The molecule has 0 spiro atoms. The highest BCUT2D eigenvalue weighted by molar-refractivity contribution is 5.94. The van der Waals surface area contributed by atoms with E-state index in [-0.39, 0.29) is 23.3 Å². The summed E-state index contributed by atoms with van der Waals surface area (Å²) in [6.07, 6.45) is 4.27. The zero-order chi connectivity index (χ0) is 18.1. The van der Waals surface area contributed by atoms with Gasteiger partial charge in [0.15, 0.2) is 0 Å². The van der Waals surface area contributed by atoms with Crippen molar-refractivity contribution in [2.45, 2.75) is 38.3 Å². The van der Waals surface area contributed by atoms with Crippen molar-refractivity contribution in [1.82, 2.24) is 14.7 Å². The number of pyridine rings is 1. The third-order valence-electron chi connectivity index (χ3n) is 5.03. The lowest BCUT2D eigenvalue weighted by Crippen LogP contribution is -2.51. The van der Waals surface area contributed by atoms with E-state index in [2.05, 4.69) is 10.3 Å². The van der Waals surface area contributed by atoms with Crippen molar-refractivity contribution in [3.05, 3.63) is 46.0 Å². The Hall–Kier alpha value is -2.25. The summed E-state index contributed by atoms with van der Waals surface area (Å²) in [6, 6.07) is 5.24. The molecule has 3 heterocycles. The lowest BCUT2D eigenvalue weighted by Gasteiger charge is -2.32. The second-order valence-corrected chi connectivity index (χ2v) is 7.10. The molecule has 1 aliphatic heterocycles. The van der Waals surface area contributed by atoms with Crippen LogP contribution in [0.4, 0.5) is 0 Å². The normalized spacial score (nSPS) is 23.1. The van der Waals surface area contributed by atoms with Crippen molar-refractivity contribution in [2.75, 3.05) is 19.8 Å². The maximum absolute atomic E-state index is 12.7. The number of ether oxygens (including phenoxy) is 2. The van der Waals surface area contributed by atoms with Crippen LogP contribution in [-0.4, -0.2) is 47.3 Å². The summed E-state index contributed by atoms with van der Waals surface area (Å²) in [6.45, 7) is 3.56. The summed E-state index contributed by atoms with van der Waals surface area (Å²) in [5.74, 6) is 0.234. The Morgan fingerprint density at radius 2 is 2.23 bits per heavy atom. The number of hydrogen-bond donors (Lipinski definition) is 1. The van der Waals surface area contributed by atoms with E-state index < -0.39 is 5.91 Å². The summed E-state index contributed by atoms with van der Waals surface area (Å²) < 4.78 is 12.9. The highest BCUT2D eigenvalue weighted by atomic mass is 16.5. The molecule has 4 rings (SSSR count). The molecule has 7 heteroatoms. The fraction of sp³-hybridized carbons (Fsp3) is 0.526. The molecule has 2 aromatic rings. The van der Waals surface area contributed by atoms with E-state index in [1.165, 1.54) is 23.4 Å². The number of rotatable bonds is 5. The first-order chi connectivity index (χ1) is 12.6. The van der Waals surface area contributed by atoms with Crippen molar-refractivity contribution in [1.29, 1.82) is 0 Å². The van der Waals surface area contributed by atoms with E-state index in [1.54, 1.807) is 6.07 Å². The second kappa shape index (κ2) is 7.17. The minimum absolute atomic E-state index is 0.0456. The first kappa shape index (κ1) is 17.2. The van der Waals surface area contributed by atoms with Crippen LogP contribution in [-0.2, 0) is 9.47 Å². The SMILES string of the molecule is Cc1cccc2ncc(C(=O)N[C@@H]3CCOC[C@H]3OCC3CC3)c(=O)n12. The van der Waals surface area contributed by atoms with Gasteiger partial charge in [-0.05, 0) is 44.2 Å². The Labute approximate surface area is 151 Å². The van der Waals surface area contributed by atoms with E-state index >= 15 is 0 Å². The number of fused-ring (bicyclic) bond motifs is 1. The Morgan fingerprint density at radius 3 is 3.04 bits per heavy atom. The first-order valence-corrected chi connectivity index (χ1v) is 9.11. The molecule has 1 saturated carbocycles. The van der Waals surface area contributed by atoms with Gasteiger partial charge in [-0.2, -0.15) is 0 Å². The highest BCUT2D eigenvalue weighted by Gasteiger charge is 2.31. The molecular formula is C19H23N3O4. The molecule has 1 aliphatic carbocycles. The standard InChI is InChI=1S/C19H23N3O4/c1-12-3-2-4-17-20-9-14(19(24)22(12)17)18(23)21-15-7-8-25-11-16(15)26-10-13-5-6-13/h2-4,9,13,15-16H,5-8,10-11H2,1H3,(H,21,23)/t15-,16-/m1/s1. The van der Waals surface area contributed by atoms with Crippen LogP contribution < -0.4 is 10.9 Å². The molecule has 2 aromatic heterocycles. The summed E-state index contributed by atoms with van der Waals surface area (Å²) in [7, 11) is 0. The minimum Gasteiger partial charge on any atom is -0.379 e. The molecule has 138 valence electrons. The van der Waals surface area contributed by atoms with Crippen LogP contribution in [0.5, 0.6) is 0 Å². The predicted octanol–water partition coefficient (Wildman–Crippen LogP) is 1.32. The van der Waals surface area contributed by atoms with Crippen molar-refractivity contribution in [3.8, 4) is 0 Å². The molecule has 2 fully saturated rings. The fourth-order valence-electron chi connectivity index (χ4n) is 3.26. The number of hydrogen-bond acceptors (Lipinski definition) is 5. The Morgan fingerprint density at radius 1 is 1.38 bits per heavy atom. The van der Waals surface area contributed by atoms with Crippen LogP contribution in [0, 0.1) is 12.8 Å². The summed E-state index contributed by atoms with van der Waals surface area (Å²) in [5.41, 5.74) is 0.965. The monoisotopic (exact) mass is 357 g/mol. The largest absolute Gasteiger partial charge is 0.379 e. The van der Waals surface area contributed by atoms with E-state index in [0.29, 0.717) is 37.8 Å². The number of aryl methyl sites for hydroxylation is 1. The van der Waals surface area contributed by atoms with E-state index in [1.807, 2.05) is 19.1 Å². The van der Waals surface area contributed by atoms with Crippen LogP contribution in [0.3, 0.4) is 0 Å².